The Balaban J connectivity index is 2.32. The number of hydrogen-bond acceptors (Lipinski definition) is 5. The number of sulfonamides is 1. The Bertz CT molecular complexity index is 757. The molecule has 0 aliphatic rings. The number of rotatable bonds is 5. The number of aliphatic hydroxyl groups excluding tert-OH is 1. The van der Waals surface area contributed by atoms with Crippen molar-refractivity contribution in [3.63, 3.8) is 0 Å². The van der Waals surface area contributed by atoms with Crippen molar-refractivity contribution in [1.29, 1.82) is 0 Å². The van der Waals surface area contributed by atoms with Crippen molar-refractivity contribution >= 4 is 33.0 Å². The van der Waals surface area contributed by atoms with Crippen LogP contribution in [-0.2, 0) is 23.2 Å². The lowest BCUT2D eigenvalue weighted by Gasteiger charge is -2.12. The third-order valence-corrected chi connectivity index (χ3v) is 5.84. The molecule has 0 bridgehead atoms. The van der Waals surface area contributed by atoms with E-state index in [2.05, 4.69) is 9.71 Å². The van der Waals surface area contributed by atoms with Gasteiger partial charge in [-0.15, -0.1) is 11.3 Å². The van der Waals surface area contributed by atoms with Crippen LogP contribution >= 0.6 is 22.9 Å². The molecular formula is C13H15ClN2O3S2. The van der Waals surface area contributed by atoms with Gasteiger partial charge in [0.15, 0.2) is 0 Å². The molecule has 5 nitrogen and oxygen atoms in total. The van der Waals surface area contributed by atoms with Crippen molar-refractivity contribution in [2.45, 2.75) is 31.9 Å². The predicted octanol–water partition coefficient (Wildman–Crippen LogP) is 2.38. The molecule has 8 heteroatoms. The Hall–Kier alpha value is -0.990. The molecule has 21 heavy (non-hydrogen) atoms. The Morgan fingerprint density at radius 3 is 2.67 bits per heavy atom. The molecule has 0 aliphatic heterocycles. The van der Waals surface area contributed by atoms with Crippen LogP contribution in [0, 0.1) is 13.8 Å². The zero-order valence-corrected chi connectivity index (χ0v) is 13.9. The molecule has 2 N–H and O–H groups in total. The van der Waals surface area contributed by atoms with Crippen LogP contribution in [0.3, 0.4) is 0 Å². The van der Waals surface area contributed by atoms with Crippen LogP contribution in [-0.4, -0.2) is 18.5 Å². The van der Waals surface area contributed by atoms with Crippen molar-refractivity contribution in [1.82, 2.24) is 9.71 Å². The van der Waals surface area contributed by atoms with Gasteiger partial charge in [-0.25, -0.2) is 18.1 Å². The minimum atomic E-state index is -3.71. The van der Waals surface area contributed by atoms with E-state index in [9.17, 15) is 13.5 Å². The Morgan fingerprint density at radius 2 is 2.10 bits per heavy atom. The number of thiazole rings is 1. The summed E-state index contributed by atoms with van der Waals surface area (Å²) in [6.07, 6.45) is 0. The Labute approximate surface area is 132 Å². The number of aryl methyl sites for hydroxylation is 1. The van der Waals surface area contributed by atoms with E-state index in [1.54, 1.807) is 18.5 Å². The number of nitrogens with zero attached hydrogens (tertiary/aromatic N) is 1. The van der Waals surface area contributed by atoms with E-state index in [1.807, 2.05) is 6.92 Å². The van der Waals surface area contributed by atoms with Crippen molar-refractivity contribution in [2.24, 2.45) is 0 Å². The molecule has 0 saturated carbocycles. The summed E-state index contributed by atoms with van der Waals surface area (Å²) in [5.41, 5.74) is 3.47. The summed E-state index contributed by atoms with van der Waals surface area (Å²) in [6.45, 7) is 3.39. The third kappa shape index (κ3) is 3.61. The second kappa shape index (κ2) is 6.41. The first-order chi connectivity index (χ1) is 9.85. The monoisotopic (exact) mass is 346 g/mol. The maximum absolute atomic E-state index is 12.4. The van der Waals surface area contributed by atoms with E-state index in [0.717, 1.165) is 10.6 Å². The van der Waals surface area contributed by atoms with Crippen LogP contribution in [0.2, 0.25) is 5.02 Å². The van der Waals surface area contributed by atoms with E-state index in [1.165, 1.54) is 17.4 Å². The molecule has 0 fully saturated rings. The van der Waals surface area contributed by atoms with Gasteiger partial charge < -0.3 is 5.11 Å². The largest absolute Gasteiger partial charge is 0.392 e. The second-order valence-electron chi connectivity index (χ2n) is 4.53. The maximum Gasteiger partial charge on any atom is 0.241 e. The Morgan fingerprint density at radius 1 is 1.38 bits per heavy atom. The van der Waals surface area contributed by atoms with Gasteiger partial charge in [0.1, 0.15) is 0 Å². The van der Waals surface area contributed by atoms with Crippen LogP contribution in [0.15, 0.2) is 22.5 Å². The average molecular weight is 347 g/mol. The Kier molecular flexibility index (Phi) is 5.00. The van der Waals surface area contributed by atoms with E-state index < -0.39 is 10.0 Å². The zero-order chi connectivity index (χ0) is 15.6. The average Bonchev–Trinajstić information content (AvgIpc) is 2.84. The molecule has 2 rings (SSSR count). The van der Waals surface area contributed by atoms with Gasteiger partial charge in [0.2, 0.25) is 10.0 Å². The lowest BCUT2D eigenvalue weighted by atomic mass is 10.1. The number of aliphatic hydroxyl groups is 1. The normalized spacial score (nSPS) is 11.8. The number of hydrogen-bond donors (Lipinski definition) is 2. The van der Waals surface area contributed by atoms with Gasteiger partial charge in [-0.2, -0.15) is 0 Å². The zero-order valence-electron chi connectivity index (χ0n) is 11.6. The van der Waals surface area contributed by atoms with Gasteiger partial charge in [-0.3, -0.25) is 0 Å². The van der Waals surface area contributed by atoms with Gasteiger partial charge in [-0.1, -0.05) is 11.6 Å². The molecule has 114 valence electrons. The lowest BCUT2D eigenvalue weighted by Crippen LogP contribution is -2.24. The van der Waals surface area contributed by atoms with Crippen LogP contribution in [0.1, 0.15) is 21.7 Å². The summed E-state index contributed by atoms with van der Waals surface area (Å²) in [6, 6.07) is 2.95. The van der Waals surface area contributed by atoms with Crippen LogP contribution in [0.25, 0.3) is 0 Å². The molecule has 0 radical (unpaired) electrons. The molecule has 0 amide bonds. The van der Waals surface area contributed by atoms with E-state index in [4.69, 9.17) is 11.6 Å². The fraction of sp³-hybridized carbons (Fsp3) is 0.308. The van der Waals surface area contributed by atoms with E-state index in [0.29, 0.717) is 11.1 Å². The standard InChI is InChI=1S/C13H15ClN2O3S2/c1-8-10(6-17)3-11(14)4-13(8)21(18,19)16-5-12-9(2)15-7-20-12/h3-4,7,16-17H,5-6H2,1-2H3. The van der Waals surface area contributed by atoms with Crippen molar-refractivity contribution in [3.05, 3.63) is 44.4 Å². The van der Waals surface area contributed by atoms with Crippen LogP contribution in [0.5, 0.6) is 0 Å². The van der Waals surface area contributed by atoms with E-state index in [-0.39, 0.29) is 23.1 Å². The number of nitrogens with one attached hydrogen (secondary N) is 1. The lowest BCUT2D eigenvalue weighted by molar-refractivity contribution is 0.280. The van der Waals surface area contributed by atoms with Gasteiger partial charge in [-0.05, 0) is 37.1 Å². The molecule has 0 atom stereocenters. The molecule has 1 heterocycles. The highest BCUT2D eigenvalue weighted by Gasteiger charge is 2.20. The first-order valence-corrected chi connectivity index (χ1v) is 8.87. The summed E-state index contributed by atoms with van der Waals surface area (Å²) in [4.78, 5) is 5.02. The summed E-state index contributed by atoms with van der Waals surface area (Å²) in [5, 5.41) is 9.55. The quantitative estimate of drug-likeness (QED) is 0.871. The van der Waals surface area contributed by atoms with Crippen molar-refractivity contribution in [2.75, 3.05) is 0 Å². The highest BCUT2D eigenvalue weighted by atomic mass is 35.5. The molecule has 0 aliphatic carbocycles. The third-order valence-electron chi connectivity index (χ3n) is 3.16. The second-order valence-corrected chi connectivity index (χ2v) is 7.64. The summed E-state index contributed by atoms with van der Waals surface area (Å²) < 4.78 is 27.4. The molecule has 0 unspecified atom stereocenters. The SMILES string of the molecule is Cc1ncsc1CNS(=O)(=O)c1cc(Cl)cc(CO)c1C. The maximum atomic E-state index is 12.4. The topological polar surface area (TPSA) is 79.3 Å². The minimum absolute atomic E-state index is 0.0845. The number of halogens is 1. The summed E-state index contributed by atoms with van der Waals surface area (Å²) in [7, 11) is -3.71. The van der Waals surface area contributed by atoms with Crippen molar-refractivity contribution < 1.29 is 13.5 Å². The highest BCUT2D eigenvalue weighted by Crippen LogP contribution is 2.25. The fourth-order valence-corrected chi connectivity index (χ4v) is 4.31. The van der Waals surface area contributed by atoms with Crippen LogP contribution in [0.4, 0.5) is 0 Å². The molecule has 1 aromatic carbocycles. The molecule has 0 spiro atoms. The fourth-order valence-electron chi connectivity index (χ4n) is 1.89. The van der Waals surface area contributed by atoms with Crippen molar-refractivity contribution in [3.8, 4) is 0 Å². The smallest absolute Gasteiger partial charge is 0.241 e. The molecule has 1 aromatic heterocycles. The first kappa shape index (κ1) is 16.4. The minimum Gasteiger partial charge on any atom is -0.392 e. The van der Waals surface area contributed by atoms with Gasteiger partial charge in [0.25, 0.3) is 0 Å². The van der Waals surface area contributed by atoms with Crippen LogP contribution < -0.4 is 4.72 Å². The molecular weight excluding hydrogens is 332 g/mol. The number of benzene rings is 1. The first-order valence-electron chi connectivity index (χ1n) is 6.13. The highest BCUT2D eigenvalue weighted by molar-refractivity contribution is 7.89. The summed E-state index contributed by atoms with van der Waals surface area (Å²) in [5.74, 6) is 0. The van der Waals surface area contributed by atoms with Gasteiger partial charge in [0, 0.05) is 16.4 Å². The predicted molar refractivity (Wildman–Crippen MR) is 83.0 cm³/mol. The van der Waals surface area contributed by atoms with Gasteiger partial charge in [0.05, 0.1) is 22.7 Å². The summed E-state index contributed by atoms with van der Waals surface area (Å²) >= 11 is 7.32. The number of aromatic nitrogens is 1. The molecule has 0 saturated heterocycles. The van der Waals surface area contributed by atoms with E-state index >= 15 is 0 Å². The molecule has 2 aromatic rings. The van der Waals surface area contributed by atoms with Gasteiger partial charge >= 0.3 is 0 Å².